The van der Waals surface area contributed by atoms with Crippen LogP contribution < -0.4 is 10.7 Å². The number of hydrogen-bond donors (Lipinski definition) is 2. The van der Waals surface area contributed by atoms with E-state index in [0.717, 1.165) is 11.3 Å². The Morgan fingerprint density at radius 2 is 1.60 bits per heavy atom. The zero-order valence-corrected chi connectivity index (χ0v) is 14.7. The summed E-state index contributed by atoms with van der Waals surface area (Å²) in [5, 5.41) is 6.93. The summed E-state index contributed by atoms with van der Waals surface area (Å²) in [6, 6.07) is 16.4. The average Bonchev–Trinajstić information content (AvgIpc) is 2.60. The Hall–Kier alpha value is -2.95. The van der Waals surface area contributed by atoms with Gasteiger partial charge in [-0.3, -0.25) is 9.59 Å². The fourth-order valence-electron chi connectivity index (χ4n) is 2.23. The molecule has 0 atom stereocenters. The van der Waals surface area contributed by atoms with Crippen molar-refractivity contribution < 1.29 is 9.59 Å². The largest absolute Gasteiger partial charge is 0.326 e. The van der Waals surface area contributed by atoms with Gasteiger partial charge in [0.25, 0.3) is 5.91 Å². The maximum atomic E-state index is 12.2. The minimum Gasteiger partial charge on any atom is -0.326 e. The van der Waals surface area contributed by atoms with Crippen LogP contribution in [0.15, 0.2) is 59.7 Å². The number of nitrogens with zero attached hydrogens (tertiary/aromatic N) is 1. The molecule has 0 saturated heterocycles. The van der Waals surface area contributed by atoms with Gasteiger partial charge in [-0.15, -0.1) is 0 Å². The first-order valence-electron chi connectivity index (χ1n) is 8.25. The number of hydrogen-bond acceptors (Lipinski definition) is 3. The molecule has 2 amide bonds. The van der Waals surface area contributed by atoms with Crippen molar-refractivity contribution in [3.05, 3.63) is 65.7 Å². The van der Waals surface area contributed by atoms with Crippen molar-refractivity contribution in [3.8, 4) is 0 Å². The number of hydrazone groups is 1. The molecule has 2 aromatic rings. The van der Waals surface area contributed by atoms with Gasteiger partial charge < -0.3 is 5.32 Å². The van der Waals surface area contributed by atoms with Crippen molar-refractivity contribution in [2.24, 2.45) is 11.0 Å². The van der Waals surface area contributed by atoms with Crippen LogP contribution in [-0.2, 0) is 4.79 Å². The quantitative estimate of drug-likeness (QED) is 0.621. The lowest BCUT2D eigenvalue weighted by Gasteiger charge is -2.08. The minimum atomic E-state index is -0.296. The third-order valence-electron chi connectivity index (χ3n) is 3.54. The highest BCUT2D eigenvalue weighted by molar-refractivity contribution is 6.01. The number of anilines is 1. The van der Waals surface area contributed by atoms with E-state index in [2.05, 4.69) is 15.8 Å². The topological polar surface area (TPSA) is 70.6 Å². The van der Waals surface area contributed by atoms with Crippen LogP contribution in [0.2, 0.25) is 0 Å². The summed E-state index contributed by atoms with van der Waals surface area (Å²) in [7, 11) is 0. The van der Waals surface area contributed by atoms with E-state index in [4.69, 9.17) is 0 Å². The molecule has 5 nitrogen and oxygen atoms in total. The van der Waals surface area contributed by atoms with Crippen molar-refractivity contribution in [2.75, 3.05) is 5.32 Å². The van der Waals surface area contributed by atoms with Gasteiger partial charge >= 0.3 is 0 Å². The van der Waals surface area contributed by atoms with E-state index in [1.165, 1.54) is 0 Å². The second-order valence-electron chi connectivity index (χ2n) is 6.23. The molecule has 2 N–H and O–H groups in total. The van der Waals surface area contributed by atoms with Crippen LogP contribution in [0.3, 0.4) is 0 Å². The van der Waals surface area contributed by atoms with Gasteiger partial charge in [-0.25, -0.2) is 5.43 Å². The first-order chi connectivity index (χ1) is 12.0. The van der Waals surface area contributed by atoms with E-state index in [1.54, 1.807) is 24.3 Å². The van der Waals surface area contributed by atoms with Gasteiger partial charge in [0.05, 0.1) is 5.71 Å². The lowest BCUT2D eigenvalue weighted by atomic mass is 10.1. The van der Waals surface area contributed by atoms with Gasteiger partial charge in [0.2, 0.25) is 5.91 Å². The molecule has 0 heterocycles. The Bertz CT molecular complexity index is 750. The molecule has 0 aliphatic rings. The summed E-state index contributed by atoms with van der Waals surface area (Å²) < 4.78 is 0. The standard InChI is InChI=1S/C20H23N3O2/c1-14(2)13-19(24)21-18-11-9-17(10-12-18)20(25)23-22-15(3)16-7-5-4-6-8-16/h4-12,14H,13H2,1-3H3,(H,21,24)(H,23,25)/b22-15+. The highest BCUT2D eigenvalue weighted by Gasteiger charge is 2.08. The molecular formula is C20H23N3O2. The molecule has 0 saturated carbocycles. The van der Waals surface area contributed by atoms with Crippen LogP contribution in [0.4, 0.5) is 5.69 Å². The number of nitrogens with one attached hydrogen (secondary N) is 2. The zero-order chi connectivity index (χ0) is 18.2. The Morgan fingerprint density at radius 1 is 0.960 bits per heavy atom. The molecule has 0 aliphatic heterocycles. The molecule has 0 aromatic heterocycles. The van der Waals surface area contributed by atoms with Gasteiger partial charge in [-0.2, -0.15) is 5.10 Å². The van der Waals surface area contributed by atoms with Gasteiger partial charge in [-0.1, -0.05) is 44.2 Å². The van der Waals surface area contributed by atoms with Crippen molar-refractivity contribution in [1.82, 2.24) is 5.43 Å². The summed E-state index contributed by atoms with van der Waals surface area (Å²) in [5.41, 5.74) is 5.37. The van der Waals surface area contributed by atoms with E-state index >= 15 is 0 Å². The Balaban J connectivity index is 1.95. The number of amides is 2. The van der Waals surface area contributed by atoms with Gasteiger partial charge in [0, 0.05) is 17.7 Å². The predicted molar refractivity (Wildman–Crippen MR) is 101 cm³/mol. The molecule has 0 spiro atoms. The number of carbonyl (C=O) groups is 2. The van der Waals surface area contributed by atoms with E-state index in [0.29, 0.717) is 23.6 Å². The molecule has 0 radical (unpaired) electrons. The van der Waals surface area contributed by atoms with Gasteiger partial charge in [0.1, 0.15) is 0 Å². The number of benzene rings is 2. The Morgan fingerprint density at radius 3 is 2.20 bits per heavy atom. The number of rotatable bonds is 6. The summed E-state index contributed by atoms with van der Waals surface area (Å²) in [6.45, 7) is 5.82. The zero-order valence-electron chi connectivity index (χ0n) is 14.7. The minimum absolute atomic E-state index is 0.0321. The predicted octanol–water partition coefficient (Wildman–Crippen LogP) is 3.83. The maximum absolute atomic E-state index is 12.2. The molecular weight excluding hydrogens is 314 g/mol. The SMILES string of the molecule is C/C(=N\NC(=O)c1ccc(NC(=O)CC(C)C)cc1)c1ccccc1. The molecule has 0 unspecified atom stereocenters. The summed E-state index contributed by atoms with van der Waals surface area (Å²) in [5.74, 6) is -0.0265. The average molecular weight is 337 g/mol. The second kappa shape index (κ2) is 8.78. The van der Waals surface area contributed by atoms with E-state index in [1.807, 2.05) is 51.1 Å². The van der Waals surface area contributed by atoms with Crippen LogP contribution >= 0.6 is 0 Å². The van der Waals surface area contributed by atoms with E-state index in [-0.39, 0.29) is 11.8 Å². The highest BCUT2D eigenvalue weighted by Crippen LogP contribution is 2.11. The molecule has 5 heteroatoms. The molecule has 25 heavy (non-hydrogen) atoms. The fourth-order valence-corrected chi connectivity index (χ4v) is 2.23. The van der Waals surface area contributed by atoms with Crippen molar-refractivity contribution in [3.63, 3.8) is 0 Å². The highest BCUT2D eigenvalue weighted by atomic mass is 16.2. The Kier molecular flexibility index (Phi) is 6.46. The van der Waals surface area contributed by atoms with E-state index in [9.17, 15) is 9.59 Å². The van der Waals surface area contributed by atoms with E-state index < -0.39 is 0 Å². The van der Waals surface area contributed by atoms with Gasteiger partial charge in [-0.05, 0) is 42.7 Å². The van der Waals surface area contributed by atoms with Crippen LogP contribution in [0, 0.1) is 5.92 Å². The third-order valence-corrected chi connectivity index (χ3v) is 3.54. The van der Waals surface area contributed by atoms with Crippen molar-refractivity contribution >= 4 is 23.2 Å². The first kappa shape index (κ1) is 18.4. The van der Waals surface area contributed by atoms with Crippen LogP contribution in [-0.4, -0.2) is 17.5 Å². The van der Waals surface area contributed by atoms with Crippen molar-refractivity contribution in [1.29, 1.82) is 0 Å². The monoisotopic (exact) mass is 337 g/mol. The maximum Gasteiger partial charge on any atom is 0.271 e. The summed E-state index contributed by atoms with van der Waals surface area (Å²) in [4.78, 5) is 23.9. The molecule has 0 fully saturated rings. The van der Waals surface area contributed by atoms with Crippen LogP contribution in [0.25, 0.3) is 0 Å². The Labute approximate surface area is 148 Å². The van der Waals surface area contributed by atoms with Gasteiger partial charge in [0.15, 0.2) is 0 Å². The molecule has 0 bridgehead atoms. The van der Waals surface area contributed by atoms with Crippen molar-refractivity contribution in [2.45, 2.75) is 27.2 Å². The van der Waals surface area contributed by atoms with Crippen LogP contribution in [0.1, 0.15) is 43.1 Å². The summed E-state index contributed by atoms with van der Waals surface area (Å²) in [6.07, 6.45) is 0.468. The molecule has 2 rings (SSSR count). The fraction of sp³-hybridized carbons (Fsp3) is 0.250. The molecule has 130 valence electrons. The molecule has 0 aliphatic carbocycles. The van der Waals surface area contributed by atoms with Crippen LogP contribution in [0.5, 0.6) is 0 Å². The molecule has 2 aromatic carbocycles. The normalized spacial score (nSPS) is 11.3. The second-order valence-corrected chi connectivity index (χ2v) is 6.23. The number of carbonyl (C=O) groups excluding carboxylic acids is 2. The lowest BCUT2D eigenvalue weighted by Crippen LogP contribution is -2.19. The lowest BCUT2D eigenvalue weighted by molar-refractivity contribution is -0.116. The smallest absolute Gasteiger partial charge is 0.271 e. The third kappa shape index (κ3) is 5.88. The summed E-state index contributed by atoms with van der Waals surface area (Å²) >= 11 is 0. The first-order valence-corrected chi connectivity index (χ1v) is 8.25.